The molecule has 0 aliphatic carbocycles. The maximum atomic E-state index is 5.05. The molecule has 0 bridgehead atoms. The molecule has 0 unspecified atom stereocenters. The summed E-state index contributed by atoms with van der Waals surface area (Å²) in [6.45, 7) is 4.15. The number of nitrogens with zero attached hydrogens (tertiary/aromatic N) is 5. The molecular formula is C14H22N6O. The van der Waals surface area contributed by atoms with E-state index in [-0.39, 0.29) is 0 Å². The molecule has 1 N–H and O–H groups in total. The van der Waals surface area contributed by atoms with Crippen molar-refractivity contribution in [1.29, 1.82) is 0 Å². The van der Waals surface area contributed by atoms with E-state index in [2.05, 4.69) is 32.8 Å². The lowest BCUT2D eigenvalue weighted by atomic mass is 10.3. The Balaban J connectivity index is 1.78. The van der Waals surface area contributed by atoms with Crippen molar-refractivity contribution in [2.45, 2.75) is 6.54 Å². The van der Waals surface area contributed by atoms with Crippen molar-refractivity contribution in [2.24, 2.45) is 0 Å². The van der Waals surface area contributed by atoms with Crippen LogP contribution < -0.4 is 5.32 Å². The highest BCUT2D eigenvalue weighted by atomic mass is 16.5. The van der Waals surface area contributed by atoms with Crippen molar-refractivity contribution < 1.29 is 4.74 Å². The standard InChI is InChI=1S/C14H22N6O/c1-19(10-11-21-2)9-8-15-12-14-16-17-18-20(14)13-6-4-3-5-7-13/h3-7,15H,8-12H2,1-2H3. The average Bonchev–Trinajstić information content (AvgIpc) is 2.99. The predicted octanol–water partition coefficient (Wildman–Crippen LogP) is 0.330. The van der Waals surface area contributed by atoms with Crippen LogP contribution in [0.5, 0.6) is 0 Å². The van der Waals surface area contributed by atoms with Crippen LogP contribution in [0.15, 0.2) is 30.3 Å². The van der Waals surface area contributed by atoms with Gasteiger partial charge in [-0.05, 0) is 29.6 Å². The number of likely N-dealkylation sites (N-methyl/N-ethyl adjacent to an activating group) is 1. The molecule has 0 fully saturated rings. The molecule has 0 saturated heterocycles. The summed E-state index contributed by atoms with van der Waals surface area (Å²) in [6, 6.07) is 9.89. The second-order valence-electron chi connectivity index (χ2n) is 4.82. The van der Waals surface area contributed by atoms with Gasteiger partial charge in [-0.2, -0.15) is 4.68 Å². The first-order valence-corrected chi connectivity index (χ1v) is 7.02. The summed E-state index contributed by atoms with van der Waals surface area (Å²) in [5.41, 5.74) is 0.969. The van der Waals surface area contributed by atoms with Crippen LogP contribution in [-0.2, 0) is 11.3 Å². The van der Waals surface area contributed by atoms with E-state index in [9.17, 15) is 0 Å². The van der Waals surface area contributed by atoms with Gasteiger partial charge in [0, 0.05) is 26.7 Å². The highest BCUT2D eigenvalue weighted by molar-refractivity contribution is 5.30. The molecule has 1 aromatic carbocycles. The van der Waals surface area contributed by atoms with Gasteiger partial charge in [0.1, 0.15) is 0 Å². The number of para-hydroxylation sites is 1. The third-order valence-electron chi connectivity index (χ3n) is 3.17. The number of methoxy groups -OCH3 is 1. The molecule has 1 aromatic heterocycles. The topological polar surface area (TPSA) is 68.1 Å². The van der Waals surface area contributed by atoms with Crippen molar-refractivity contribution in [3.63, 3.8) is 0 Å². The molecule has 7 heteroatoms. The van der Waals surface area contributed by atoms with Gasteiger partial charge in [0.05, 0.1) is 18.8 Å². The Morgan fingerprint density at radius 3 is 2.81 bits per heavy atom. The first-order chi connectivity index (χ1) is 10.3. The van der Waals surface area contributed by atoms with Crippen molar-refractivity contribution in [1.82, 2.24) is 30.4 Å². The summed E-state index contributed by atoms with van der Waals surface area (Å²) in [5.74, 6) is 0.806. The fourth-order valence-corrected chi connectivity index (χ4v) is 1.91. The van der Waals surface area contributed by atoms with E-state index in [1.165, 1.54) is 0 Å². The lowest BCUT2D eigenvalue weighted by Gasteiger charge is -2.16. The van der Waals surface area contributed by atoms with Crippen LogP contribution in [0.1, 0.15) is 5.82 Å². The fourth-order valence-electron chi connectivity index (χ4n) is 1.91. The van der Waals surface area contributed by atoms with E-state index in [1.54, 1.807) is 11.8 Å². The highest BCUT2D eigenvalue weighted by Crippen LogP contribution is 2.06. The second kappa shape index (κ2) is 8.46. The van der Waals surface area contributed by atoms with Crippen LogP contribution in [0.4, 0.5) is 0 Å². The monoisotopic (exact) mass is 290 g/mol. The summed E-state index contributed by atoms with van der Waals surface area (Å²) in [5, 5.41) is 15.2. The van der Waals surface area contributed by atoms with Crippen LogP contribution in [0.2, 0.25) is 0 Å². The molecule has 1 heterocycles. The normalized spacial score (nSPS) is 11.2. The van der Waals surface area contributed by atoms with E-state index in [0.717, 1.165) is 37.8 Å². The molecule has 0 amide bonds. The van der Waals surface area contributed by atoms with E-state index in [1.807, 2.05) is 30.3 Å². The van der Waals surface area contributed by atoms with Crippen LogP contribution >= 0.6 is 0 Å². The number of benzene rings is 1. The zero-order valence-electron chi connectivity index (χ0n) is 12.6. The van der Waals surface area contributed by atoms with Crippen LogP contribution in [0.25, 0.3) is 5.69 Å². The number of hydrogen-bond acceptors (Lipinski definition) is 6. The van der Waals surface area contributed by atoms with Crippen LogP contribution in [0, 0.1) is 0 Å². The smallest absolute Gasteiger partial charge is 0.170 e. The van der Waals surface area contributed by atoms with Crippen molar-refractivity contribution >= 4 is 0 Å². The van der Waals surface area contributed by atoms with Gasteiger partial charge in [-0.1, -0.05) is 18.2 Å². The average molecular weight is 290 g/mol. The molecule has 2 rings (SSSR count). The Hall–Kier alpha value is -1.83. The first-order valence-electron chi connectivity index (χ1n) is 7.02. The van der Waals surface area contributed by atoms with Crippen molar-refractivity contribution in [3.05, 3.63) is 36.2 Å². The first kappa shape index (κ1) is 15.6. The summed E-state index contributed by atoms with van der Waals surface area (Å²) in [6.07, 6.45) is 0. The number of nitrogens with one attached hydrogen (secondary N) is 1. The maximum absolute atomic E-state index is 5.05. The summed E-state index contributed by atoms with van der Waals surface area (Å²) in [7, 11) is 3.80. The van der Waals surface area contributed by atoms with Gasteiger partial charge in [-0.3, -0.25) is 0 Å². The molecule has 21 heavy (non-hydrogen) atoms. The van der Waals surface area contributed by atoms with Gasteiger partial charge >= 0.3 is 0 Å². The van der Waals surface area contributed by atoms with Gasteiger partial charge < -0.3 is 15.0 Å². The molecule has 7 nitrogen and oxygen atoms in total. The number of hydrogen-bond donors (Lipinski definition) is 1. The molecule has 0 radical (unpaired) electrons. The predicted molar refractivity (Wildman–Crippen MR) is 80.2 cm³/mol. The minimum atomic E-state index is 0.639. The van der Waals surface area contributed by atoms with E-state index in [0.29, 0.717) is 6.54 Å². The lowest BCUT2D eigenvalue weighted by Crippen LogP contribution is -2.31. The lowest BCUT2D eigenvalue weighted by molar-refractivity contribution is 0.161. The molecule has 0 spiro atoms. The van der Waals surface area contributed by atoms with Gasteiger partial charge in [-0.15, -0.1) is 5.10 Å². The van der Waals surface area contributed by atoms with Crippen LogP contribution in [-0.4, -0.2) is 65.5 Å². The Kier molecular flexibility index (Phi) is 6.26. The minimum Gasteiger partial charge on any atom is -0.383 e. The number of rotatable bonds is 9. The molecule has 0 aliphatic heterocycles. The number of ether oxygens (including phenoxy) is 1. The molecule has 0 saturated carbocycles. The Morgan fingerprint density at radius 2 is 2.05 bits per heavy atom. The number of aromatic nitrogens is 4. The number of tetrazole rings is 1. The van der Waals surface area contributed by atoms with E-state index >= 15 is 0 Å². The quantitative estimate of drug-likeness (QED) is 0.671. The van der Waals surface area contributed by atoms with Gasteiger partial charge in [0.25, 0.3) is 0 Å². The van der Waals surface area contributed by atoms with Crippen molar-refractivity contribution in [3.8, 4) is 5.69 Å². The Labute approximate surface area is 124 Å². The van der Waals surface area contributed by atoms with Gasteiger partial charge in [-0.25, -0.2) is 0 Å². The highest BCUT2D eigenvalue weighted by Gasteiger charge is 2.07. The van der Waals surface area contributed by atoms with E-state index in [4.69, 9.17) is 4.74 Å². The SMILES string of the molecule is COCCN(C)CCNCc1nnnn1-c1ccccc1. The summed E-state index contributed by atoms with van der Waals surface area (Å²) in [4.78, 5) is 2.22. The zero-order valence-corrected chi connectivity index (χ0v) is 12.6. The molecule has 2 aromatic rings. The van der Waals surface area contributed by atoms with Gasteiger partial charge in [0.15, 0.2) is 5.82 Å². The second-order valence-corrected chi connectivity index (χ2v) is 4.82. The third-order valence-corrected chi connectivity index (χ3v) is 3.17. The molecule has 114 valence electrons. The maximum Gasteiger partial charge on any atom is 0.170 e. The molecule has 0 atom stereocenters. The van der Waals surface area contributed by atoms with Gasteiger partial charge in [0.2, 0.25) is 0 Å². The van der Waals surface area contributed by atoms with Crippen molar-refractivity contribution in [2.75, 3.05) is 40.4 Å². The summed E-state index contributed by atoms with van der Waals surface area (Å²) >= 11 is 0. The van der Waals surface area contributed by atoms with E-state index < -0.39 is 0 Å². The Bertz CT molecular complexity index is 515. The van der Waals surface area contributed by atoms with Crippen LogP contribution in [0.3, 0.4) is 0 Å². The summed E-state index contributed by atoms with van der Waals surface area (Å²) < 4.78 is 6.80. The largest absolute Gasteiger partial charge is 0.383 e. The molecule has 0 aliphatic rings. The fraction of sp³-hybridized carbons (Fsp3) is 0.500. The zero-order chi connectivity index (χ0) is 14.9. The third kappa shape index (κ3) is 4.89. The minimum absolute atomic E-state index is 0.639. The molecular weight excluding hydrogens is 268 g/mol. The Morgan fingerprint density at radius 1 is 1.24 bits per heavy atom.